The van der Waals surface area contributed by atoms with Crippen LogP contribution in [0.5, 0.6) is 5.75 Å². The molecule has 0 saturated heterocycles. The molecular formula is C17H20ClNO. The second-order valence-electron chi connectivity index (χ2n) is 5.61. The van der Waals surface area contributed by atoms with Gasteiger partial charge in [-0.05, 0) is 25.0 Å². The molecule has 0 spiro atoms. The van der Waals surface area contributed by atoms with Crippen LogP contribution in [0.2, 0.25) is 0 Å². The Balaban J connectivity index is 1.83. The van der Waals surface area contributed by atoms with Crippen molar-refractivity contribution < 1.29 is 4.74 Å². The van der Waals surface area contributed by atoms with Crippen LogP contribution >= 0.6 is 11.6 Å². The SMILES string of the molecule is CCC1(CC)C(Cl)CC1Oc1cnc2ccccc2c1. The fourth-order valence-corrected chi connectivity index (χ4v) is 3.90. The van der Waals surface area contributed by atoms with Gasteiger partial charge < -0.3 is 4.74 Å². The van der Waals surface area contributed by atoms with E-state index in [1.54, 1.807) is 0 Å². The van der Waals surface area contributed by atoms with Gasteiger partial charge in [0.15, 0.2) is 0 Å². The lowest BCUT2D eigenvalue weighted by Gasteiger charge is -2.52. The molecule has 106 valence electrons. The standard InChI is InChI=1S/C17H20ClNO/c1-3-17(4-2)15(18)10-16(17)20-13-9-12-7-5-6-8-14(12)19-11-13/h5-9,11,15-16H,3-4,10H2,1-2H3. The van der Waals surface area contributed by atoms with Crippen LogP contribution in [-0.2, 0) is 0 Å². The summed E-state index contributed by atoms with van der Waals surface area (Å²) in [6.45, 7) is 4.40. The second kappa shape index (κ2) is 5.25. The van der Waals surface area contributed by atoms with E-state index >= 15 is 0 Å². The molecule has 0 bridgehead atoms. The van der Waals surface area contributed by atoms with Gasteiger partial charge in [-0.25, -0.2) is 0 Å². The van der Waals surface area contributed by atoms with Crippen LogP contribution in [0.1, 0.15) is 33.1 Å². The summed E-state index contributed by atoms with van der Waals surface area (Å²) < 4.78 is 6.18. The van der Waals surface area contributed by atoms with Gasteiger partial charge in [0.05, 0.1) is 11.7 Å². The quantitative estimate of drug-likeness (QED) is 0.754. The summed E-state index contributed by atoms with van der Waals surface area (Å²) in [5, 5.41) is 1.35. The Hall–Kier alpha value is -1.28. The summed E-state index contributed by atoms with van der Waals surface area (Å²) in [7, 11) is 0. The minimum atomic E-state index is 0.118. The average molecular weight is 290 g/mol. The summed E-state index contributed by atoms with van der Waals surface area (Å²) >= 11 is 6.43. The number of benzene rings is 1. The molecule has 1 aliphatic carbocycles. The highest BCUT2D eigenvalue weighted by atomic mass is 35.5. The lowest BCUT2D eigenvalue weighted by atomic mass is 9.62. The molecule has 1 heterocycles. The van der Waals surface area contributed by atoms with Crippen molar-refractivity contribution in [2.45, 2.75) is 44.6 Å². The van der Waals surface area contributed by atoms with E-state index in [1.807, 2.05) is 24.4 Å². The van der Waals surface area contributed by atoms with E-state index < -0.39 is 0 Å². The Morgan fingerprint density at radius 2 is 2.05 bits per heavy atom. The number of nitrogens with zero attached hydrogens (tertiary/aromatic N) is 1. The first-order valence-corrected chi connectivity index (χ1v) is 7.78. The molecule has 0 aliphatic heterocycles. The van der Waals surface area contributed by atoms with Gasteiger partial charge in [-0.3, -0.25) is 4.98 Å². The van der Waals surface area contributed by atoms with Gasteiger partial charge in [-0.15, -0.1) is 11.6 Å². The summed E-state index contributed by atoms with van der Waals surface area (Å²) in [6, 6.07) is 10.2. The topological polar surface area (TPSA) is 22.1 Å². The maximum absolute atomic E-state index is 6.43. The lowest BCUT2D eigenvalue weighted by molar-refractivity contribution is -0.0462. The molecule has 20 heavy (non-hydrogen) atoms. The van der Waals surface area contributed by atoms with Crippen molar-refractivity contribution in [3.63, 3.8) is 0 Å². The number of alkyl halides is 1. The molecule has 1 aliphatic rings. The van der Waals surface area contributed by atoms with E-state index in [9.17, 15) is 0 Å². The van der Waals surface area contributed by atoms with Gasteiger partial charge in [0.1, 0.15) is 11.9 Å². The molecule has 2 nitrogen and oxygen atoms in total. The Morgan fingerprint density at radius 1 is 1.30 bits per heavy atom. The minimum absolute atomic E-state index is 0.118. The molecule has 0 amide bonds. The highest BCUT2D eigenvalue weighted by Gasteiger charge is 2.53. The highest BCUT2D eigenvalue weighted by Crippen LogP contribution is 2.51. The number of ether oxygens (including phenoxy) is 1. The predicted octanol–water partition coefficient (Wildman–Crippen LogP) is 4.80. The normalized spacial score (nSPS) is 24.4. The maximum Gasteiger partial charge on any atom is 0.138 e. The van der Waals surface area contributed by atoms with Gasteiger partial charge in [0.2, 0.25) is 0 Å². The van der Waals surface area contributed by atoms with Crippen molar-refractivity contribution in [2.24, 2.45) is 5.41 Å². The number of para-hydroxylation sites is 1. The fourth-order valence-electron chi connectivity index (χ4n) is 3.29. The molecule has 3 rings (SSSR count). The van der Waals surface area contributed by atoms with Crippen LogP contribution in [0.3, 0.4) is 0 Å². The molecule has 1 fully saturated rings. The first kappa shape index (κ1) is 13.7. The number of aromatic nitrogens is 1. The highest BCUT2D eigenvalue weighted by molar-refractivity contribution is 6.21. The average Bonchev–Trinajstić information content (AvgIpc) is 2.48. The summed E-state index contributed by atoms with van der Waals surface area (Å²) in [5.74, 6) is 0.851. The van der Waals surface area contributed by atoms with Crippen molar-refractivity contribution in [3.8, 4) is 5.75 Å². The number of hydrogen-bond donors (Lipinski definition) is 0. The molecule has 0 N–H and O–H groups in total. The van der Waals surface area contributed by atoms with E-state index in [2.05, 4.69) is 31.0 Å². The third-order valence-corrected chi connectivity index (χ3v) is 5.46. The van der Waals surface area contributed by atoms with Gasteiger partial charge >= 0.3 is 0 Å². The molecule has 1 aromatic heterocycles. The molecule has 1 aromatic carbocycles. The zero-order valence-electron chi connectivity index (χ0n) is 12.0. The van der Waals surface area contributed by atoms with Crippen molar-refractivity contribution in [1.82, 2.24) is 4.98 Å². The number of fused-ring (bicyclic) bond motifs is 1. The van der Waals surface area contributed by atoms with Crippen LogP contribution in [0, 0.1) is 5.41 Å². The van der Waals surface area contributed by atoms with Crippen LogP contribution in [0.25, 0.3) is 10.9 Å². The zero-order valence-corrected chi connectivity index (χ0v) is 12.7. The van der Waals surface area contributed by atoms with Gasteiger partial charge in [-0.2, -0.15) is 0 Å². The van der Waals surface area contributed by atoms with E-state index in [4.69, 9.17) is 16.3 Å². The van der Waals surface area contributed by atoms with E-state index in [0.717, 1.165) is 35.9 Å². The largest absolute Gasteiger partial charge is 0.488 e. The molecule has 1 saturated carbocycles. The van der Waals surface area contributed by atoms with E-state index in [-0.39, 0.29) is 16.9 Å². The third kappa shape index (κ3) is 2.07. The zero-order chi connectivity index (χ0) is 14.2. The van der Waals surface area contributed by atoms with Crippen molar-refractivity contribution >= 4 is 22.5 Å². The van der Waals surface area contributed by atoms with Crippen LogP contribution in [0.4, 0.5) is 0 Å². The van der Waals surface area contributed by atoms with Gasteiger partial charge in [0.25, 0.3) is 0 Å². The van der Waals surface area contributed by atoms with E-state index in [1.165, 1.54) is 0 Å². The van der Waals surface area contributed by atoms with Crippen molar-refractivity contribution in [1.29, 1.82) is 0 Å². The van der Waals surface area contributed by atoms with Gasteiger partial charge in [-0.1, -0.05) is 32.0 Å². The van der Waals surface area contributed by atoms with Crippen LogP contribution < -0.4 is 4.74 Å². The van der Waals surface area contributed by atoms with Crippen molar-refractivity contribution in [3.05, 3.63) is 36.5 Å². The molecule has 0 radical (unpaired) electrons. The minimum Gasteiger partial charge on any atom is -0.488 e. The molecule has 3 heteroatoms. The van der Waals surface area contributed by atoms with Crippen LogP contribution in [0.15, 0.2) is 36.5 Å². The Labute approximate surface area is 125 Å². The Morgan fingerprint density at radius 3 is 2.75 bits per heavy atom. The monoisotopic (exact) mass is 289 g/mol. The first-order valence-electron chi connectivity index (χ1n) is 7.35. The summed E-state index contributed by atoms with van der Waals surface area (Å²) in [4.78, 5) is 4.45. The number of pyridine rings is 1. The second-order valence-corrected chi connectivity index (χ2v) is 6.14. The first-order chi connectivity index (χ1) is 9.69. The maximum atomic E-state index is 6.43. The third-order valence-electron chi connectivity index (χ3n) is 4.85. The molecule has 2 atom stereocenters. The number of hydrogen-bond acceptors (Lipinski definition) is 2. The summed E-state index contributed by atoms with van der Waals surface area (Å²) in [5.41, 5.74) is 1.12. The summed E-state index contributed by atoms with van der Waals surface area (Å²) in [6.07, 6.45) is 5.07. The number of rotatable bonds is 4. The Kier molecular flexibility index (Phi) is 3.59. The van der Waals surface area contributed by atoms with E-state index in [0.29, 0.717) is 0 Å². The Bertz CT molecular complexity index is 609. The number of halogens is 1. The molecular weight excluding hydrogens is 270 g/mol. The van der Waals surface area contributed by atoms with Crippen LogP contribution in [-0.4, -0.2) is 16.5 Å². The molecule has 2 unspecified atom stereocenters. The molecule has 2 aromatic rings. The van der Waals surface area contributed by atoms with Gasteiger partial charge in [0, 0.05) is 22.6 Å². The smallest absolute Gasteiger partial charge is 0.138 e. The fraction of sp³-hybridized carbons (Fsp3) is 0.471. The lowest BCUT2D eigenvalue weighted by Crippen LogP contribution is -2.56. The predicted molar refractivity (Wildman–Crippen MR) is 83.4 cm³/mol. The van der Waals surface area contributed by atoms with Crippen molar-refractivity contribution in [2.75, 3.05) is 0 Å².